The standard InChI is InChI=1S/C8H9ClN4O/c1-2-11-5-6(9)13-4-3-7(10)12-8(13)14/h2-5H,1H3,(H2,10,12,14)/b6-5+,11-2+. The molecule has 1 aromatic heterocycles. The first kappa shape index (κ1) is 10.5. The zero-order valence-corrected chi connectivity index (χ0v) is 8.27. The van der Waals surface area contributed by atoms with Crippen molar-refractivity contribution in [1.29, 1.82) is 0 Å². The number of hydrogen-bond donors (Lipinski definition) is 1. The summed E-state index contributed by atoms with van der Waals surface area (Å²) >= 11 is 5.77. The van der Waals surface area contributed by atoms with Crippen LogP contribution in [0.5, 0.6) is 0 Å². The Bertz CT molecular complexity index is 435. The van der Waals surface area contributed by atoms with Crippen molar-refractivity contribution in [3.8, 4) is 0 Å². The summed E-state index contributed by atoms with van der Waals surface area (Å²) in [5.74, 6) is 0.162. The molecular weight excluding hydrogens is 204 g/mol. The lowest BCUT2D eigenvalue weighted by atomic mass is 10.6. The Kier molecular flexibility index (Phi) is 3.41. The second-order valence-corrected chi connectivity index (χ2v) is 2.75. The quantitative estimate of drug-likeness (QED) is 0.741. The van der Waals surface area contributed by atoms with E-state index in [1.807, 2.05) is 0 Å². The van der Waals surface area contributed by atoms with E-state index in [-0.39, 0.29) is 11.0 Å². The number of nitrogens with zero attached hydrogens (tertiary/aromatic N) is 3. The predicted molar refractivity (Wildman–Crippen MR) is 57.2 cm³/mol. The Hall–Kier alpha value is -1.62. The fourth-order valence-electron chi connectivity index (χ4n) is 0.777. The minimum absolute atomic E-state index is 0.162. The van der Waals surface area contributed by atoms with Crippen LogP contribution in [-0.4, -0.2) is 15.8 Å². The van der Waals surface area contributed by atoms with E-state index in [0.717, 1.165) is 4.57 Å². The van der Waals surface area contributed by atoms with Crippen molar-refractivity contribution in [2.45, 2.75) is 6.92 Å². The normalized spacial score (nSPS) is 12.3. The maximum absolute atomic E-state index is 11.2. The molecule has 0 radical (unpaired) electrons. The minimum Gasteiger partial charge on any atom is -0.383 e. The van der Waals surface area contributed by atoms with E-state index in [4.69, 9.17) is 17.3 Å². The van der Waals surface area contributed by atoms with Gasteiger partial charge in [-0.2, -0.15) is 4.98 Å². The van der Waals surface area contributed by atoms with Crippen LogP contribution in [0.4, 0.5) is 5.82 Å². The predicted octanol–water partition coefficient (Wildman–Crippen LogP) is 0.911. The number of rotatable bonds is 2. The molecule has 6 heteroatoms. The summed E-state index contributed by atoms with van der Waals surface area (Å²) in [5, 5.41) is 0.167. The van der Waals surface area contributed by atoms with Crippen molar-refractivity contribution >= 4 is 28.8 Å². The maximum Gasteiger partial charge on any atom is 0.354 e. The molecule has 0 saturated carbocycles. The highest BCUT2D eigenvalue weighted by Crippen LogP contribution is 2.06. The number of hydrogen-bond acceptors (Lipinski definition) is 4. The molecule has 0 amide bonds. The third kappa shape index (κ3) is 2.43. The Morgan fingerprint density at radius 1 is 1.79 bits per heavy atom. The van der Waals surface area contributed by atoms with Crippen molar-refractivity contribution in [3.63, 3.8) is 0 Å². The molecule has 0 saturated heterocycles. The second-order valence-electron chi connectivity index (χ2n) is 2.36. The number of anilines is 1. The lowest BCUT2D eigenvalue weighted by Gasteiger charge is -2.00. The largest absolute Gasteiger partial charge is 0.383 e. The fourth-order valence-corrected chi connectivity index (χ4v) is 0.962. The average molecular weight is 213 g/mol. The van der Waals surface area contributed by atoms with E-state index < -0.39 is 5.69 Å². The molecule has 0 atom stereocenters. The summed E-state index contributed by atoms with van der Waals surface area (Å²) in [5.41, 5.74) is 4.78. The van der Waals surface area contributed by atoms with Gasteiger partial charge < -0.3 is 5.73 Å². The van der Waals surface area contributed by atoms with Gasteiger partial charge in [-0.25, -0.2) is 4.79 Å². The molecule has 74 valence electrons. The fraction of sp³-hybridized carbons (Fsp3) is 0.125. The summed E-state index contributed by atoms with van der Waals surface area (Å²) in [6.45, 7) is 1.74. The highest BCUT2D eigenvalue weighted by atomic mass is 35.5. The number of nitrogens with two attached hydrogens (primary N) is 1. The van der Waals surface area contributed by atoms with Crippen molar-refractivity contribution < 1.29 is 0 Å². The first-order chi connectivity index (χ1) is 6.65. The van der Waals surface area contributed by atoms with Crippen molar-refractivity contribution in [2.75, 3.05) is 5.73 Å². The summed E-state index contributed by atoms with van der Waals surface area (Å²) in [6.07, 6.45) is 4.34. The first-order valence-corrected chi connectivity index (χ1v) is 4.22. The number of aromatic nitrogens is 2. The molecule has 5 nitrogen and oxygen atoms in total. The summed E-state index contributed by atoms with van der Waals surface area (Å²) < 4.78 is 1.14. The van der Waals surface area contributed by atoms with Crippen LogP contribution in [0.25, 0.3) is 5.16 Å². The van der Waals surface area contributed by atoms with Crippen molar-refractivity contribution in [3.05, 3.63) is 28.9 Å². The number of halogens is 1. The molecule has 0 aliphatic rings. The zero-order valence-electron chi connectivity index (χ0n) is 7.51. The third-order valence-corrected chi connectivity index (χ3v) is 1.67. The van der Waals surface area contributed by atoms with Crippen LogP contribution in [0.2, 0.25) is 0 Å². The molecule has 0 fully saturated rings. The highest BCUT2D eigenvalue weighted by molar-refractivity contribution is 6.45. The molecule has 2 N–H and O–H groups in total. The monoisotopic (exact) mass is 212 g/mol. The van der Waals surface area contributed by atoms with Gasteiger partial charge >= 0.3 is 5.69 Å². The third-order valence-electron chi connectivity index (χ3n) is 1.39. The topological polar surface area (TPSA) is 73.3 Å². The van der Waals surface area contributed by atoms with Gasteiger partial charge in [0.1, 0.15) is 11.0 Å². The van der Waals surface area contributed by atoms with Crippen LogP contribution >= 0.6 is 11.6 Å². The molecular formula is C8H9ClN4O. The molecule has 0 aliphatic carbocycles. The van der Waals surface area contributed by atoms with Gasteiger partial charge in [-0.15, -0.1) is 0 Å². The van der Waals surface area contributed by atoms with Gasteiger partial charge in [0.05, 0.1) is 6.20 Å². The van der Waals surface area contributed by atoms with Gasteiger partial charge in [-0.3, -0.25) is 9.56 Å². The van der Waals surface area contributed by atoms with E-state index in [9.17, 15) is 4.79 Å². The molecule has 0 unspecified atom stereocenters. The smallest absolute Gasteiger partial charge is 0.354 e. The summed E-state index contributed by atoms with van der Waals surface area (Å²) in [6, 6.07) is 1.48. The molecule has 0 bridgehead atoms. The Morgan fingerprint density at radius 3 is 3.07 bits per heavy atom. The van der Waals surface area contributed by atoms with E-state index in [1.54, 1.807) is 13.1 Å². The van der Waals surface area contributed by atoms with E-state index in [1.165, 1.54) is 18.5 Å². The van der Waals surface area contributed by atoms with Crippen LogP contribution in [0.3, 0.4) is 0 Å². The molecule has 1 rings (SSSR count). The Balaban J connectivity index is 3.14. The summed E-state index contributed by atoms with van der Waals surface area (Å²) in [7, 11) is 0. The van der Waals surface area contributed by atoms with Gasteiger partial charge in [-0.1, -0.05) is 11.6 Å². The lowest BCUT2D eigenvalue weighted by Crippen LogP contribution is -2.20. The Morgan fingerprint density at radius 2 is 2.50 bits per heavy atom. The SMILES string of the molecule is C/C=N/C=C(\Cl)n1ccc(N)nc1=O. The molecule has 14 heavy (non-hydrogen) atoms. The molecule has 0 aliphatic heterocycles. The number of aliphatic imine (C=N–C) groups is 1. The van der Waals surface area contributed by atoms with E-state index in [0.29, 0.717) is 0 Å². The van der Waals surface area contributed by atoms with Gasteiger partial charge in [0.15, 0.2) is 0 Å². The van der Waals surface area contributed by atoms with Gasteiger partial charge in [0.2, 0.25) is 0 Å². The molecule has 0 spiro atoms. The van der Waals surface area contributed by atoms with Crippen molar-refractivity contribution in [1.82, 2.24) is 9.55 Å². The highest BCUT2D eigenvalue weighted by Gasteiger charge is 2.00. The van der Waals surface area contributed by atoms with Crippen LogP contribution in [0.1, 0.15) is 6.92 Å². The van der Waals surface area contributed by atoms with E-state index >= 15 is 0 Å². The van der Waals surface area contributed by atoms with Crippen LogP contribution in [-0.2, 0) is 0 Å². The van der Waals surface area contributed by atoms with E-state index in [2.05, 4.69) is 9.98 Å². The average Bonchev–Trinajstić information content (AvgIpc) is 2.14. The van der Waals surface area contributed by atoms with Crippen LogP contribution in [0, 0.1) is 0 Å². The number of nitrogen functional groups attached to an aromatic ring is 1. The van der Waals surface area contributed by atoms with Crippen LogP contribution < -0.4 is 11.4 Å². The first-order valence-electron chi connectivity index (χ1n) is 3.84. The van der Waals surface area contributed by atoms with Gasteiger partial charge in [0.25, 0.3) is 0 Å². The van der Waals surface area contributed by atoms with Gasteiger partial charge in [0, 0.05) is 12.4 Å². The second kappa shape index (κ2) is 4.57. The lowest BCUT2D eigenvalue weighted by molar-refractivity contribution is 0.956. The van der Waals surface area contributed by atoms with Crippen molar-refractivity contribution in [2.24, 2.45) is 4.99 Å². The maximum atomic E-state index is 11.2. The Labute approximate surface area is 85.6 Å². The molecule has 1 aromatic rings. The van der Waals surface area contributed by atoms with Gasteiger partial charge in [-0.05, 0) is 13.0 Å². The zero-order chi connectivity index (χ0) is 10.6. The minimum atomic E-state index is -0.530. The van der Waals surface area contributed by atoms with Crippen LogP contribution in [0.15, 0.2) is 28.3 Å². The molecule has 1 heterocycles. The molecule has 0 aromatic carbocycles. The summed E-state index contributed by atoms with van der Waals surface area (Å²) in [4.78, 5) is 18.5.